The van der Waals surface area contributed by atoms with Crippen LogP contribution in [-0.2, 0) is 4.74 Å². The molecule has 18 heavy (non-hydrogen) atoms. The molecule has 0 radical (unpaired) electrons. The molecule has 5 heteroatoms. The second kappa shape index (κ2) is 5.20. The first-order valence-electron chi connectivity index (χ1n) is 6.34. The smallest absolute Gasteiger partial charge is 0.160 e. The van der Waals surface area contributed by atoms with Crippen molar-refractivity contribution in [3.05, 3.63) is 23.5 Å². The fourth-order valence-electron chi connectivity index (χ4n) is 1.78. The highest BCUT2D eigenvalue weighted by atomic mass is 28.3. The van der Waals surface area contributed by atoms with Gasteiger partial charge in [-0.15, -0.1) is 0 Å². The van der Waals surface area contributed by atoms with Crippen molar-refractivity contribution in [1.29, 1.82) is 0 Å². The van der Waals surface area contributed by atoms with Gasteiger partial charge in [0.25, 0.3) is 0 Å². The van der Waals surface area contributed by atoms with E-state index in [-0.39, 0.29) is 5.92 Å². The van der Waals surface area contributed by atoms with Crippen molar-refractivity contribution in [2.75, 3.05) is 13.2 Å². The van der Waals surface area contributed by atoms with Crippen molar-refractivity contribution in [1.82, 2.24) is 0 Å². The topological polar surface area (TPSA) is 60.0 Å². The Hall–Kier alpha value is -1.20. The number of nitrogens with two attached hydrogens (primary N) is 1. The summed E-state index contributed by atoms with van der Waals surface area (Å²) in [6, 6.07) is 1.20. The largest absolute Gasteiger partial charge is 0.397 e. The lowest BCUT2D eigenvalue weighted by Gasteiger charge is -2.18. The Morgan fingerprint density at radius 2 is 2.17 bits per heavy atom. The third kappa shape index (κ3) is 3.40. The molecule has 0 aliphatic carbocycles. The number of fused-ring (bicyclic) bond motifs is 1. The first-order valence-corrected chi connectivity index (χ1v) is 10.0. The predicted octanol–water partition coefficient (Wildman–Crippen LogP) is 2.18. The highest BCUT2D eigenvalue weighted by Gasteiger charge is 2.20. The number of ether oxygens (including phenoxy) is 1. The zero-order valence-corrected chi connectivity index (χ0v) is 12.3. The lowest BCUT2D eigenvalue weighted by atomic mass is 10.0. The molecule has 2 rings (SSSR count). The van der Waals surface area contributed by atoms with Crippen LogP contribution in [-0.4, -0.2) is 33.3 Å². The molecule has 0 fully saturated rings. The maximum absolute atomic E-state index is 5.83. The van der Waals surface area contributed by atoms with Gasteiger partial charge in [-0.2, -0.15) is 0 Å². The average Bonchev–Trinajstić information content (AvgIpc) is 2.65. The number of nitrogens with zero attached hydrogens (tertiary/aromatic N) is 2. The third-order valence-electron chi connectivity index (χ3n) is 2.95. The molecule has 4 nitrogen and oxygen atoms in total. The van der Waals surface area contributed by atoms with Gasteiger partial charge in [0.05, 0.1) is 18.5 Å². The van der Waals surface area contributed by atoms with Crippen LogP contribution in [0.25, 0.3) is 0 Å². The van der Waals surface area contributed by atoms with Gasteiger partial charge in [0.2, 0.25) is 0 Å². The lowest BCUT2D eigenvalue weighted by molar-refractivity contribution is 0.139. The normalized spacial score (nSPS) is 22.4. The summed E-state index contributed by atoms with van der Waals surface area (Å²) < 4.78 is 5.73. The van der Waals surface area contributed by atoms with E-state index in [4.69, 9.17) is 10.5 Å². The minimum atomic E-state index is -0.999. The van der Waals surface area contributed by atoms with Gasteiger partial charge in [-0.25, -0.2) is 9.98 Å². The maximum Gasteiger partial charge on any atom is 0.160 e. The fourth-order valence-corrected chi connectivity index (χ4v) is 2.54. The van der Waals surface area contributed by atoms with E-state index in [0.717, 1.165) is 18.0 Å². The Morgan fingerprint density at radius 1 is 1.39 bits per heavy atom. The Bertz CT molecular complexity index is 444. The number of amidine groups is 1. The van der Waals surface area contributed by atoms with E-state index < -0.39 is 8.07 Å². The van der Waals surface area contributed by atoms with E-state index in [1.54, 1.807) is 6.20 Å². The Balaban J connectivity index is 1.80. The van der Waals surface area contributed by atoms with Crippen molar-refractivity contribution < 1.29 is 4.74 Å². The van der Waals surface area contributed by atoms with E-state index in [1.807, 2.05) is 6.21 Å². The van der Waals surface area contributed by atoms with Crippen molar-refractivity contribution in [3.63, 3.8) is 0 Å². The second-order valence-corrected chi connectivity index (χ2v) is 11.6. The van der Waals surface area contributed by atoms with Crippen LogP contribution in [0.15, 0.2) is 33.5 Å². The molecule has 0 aromatic carbocycles. The highest BCUT2D eigenvalue weighted by Crippen LogP contribution is 2.21. The molecule has 0 spiro atoms. The Labute approximate surface area is 109 Å². The molecule has 1 atom stereocenters. The van der Waals surface area contributed by atoms with Crippen LogP contribution in [0.3, 0.4) is 0 Å². The summed E-state index contributed by atoms with van der Waals surface area (Å²) in [5.74, 6) is 0.941. The van der Waals surface area contributed by atoms with Crippen LogP contribution in [0, 0.1) is 5.92 Å². The molecule has 0 saturated carbocycles. The molecule has 0 saturated heterocycles. The molecule has 0 bridgehead atoms. The van der Waals surface area contributed by atoms with Gasteiger partial charge in [0, 0.05) is 32.4 Å². The molecule has 0 amide bonds. The van der Waals surface area contributed by atoms with Crippen LogP contribution in [0.1, 0.15) is 0 Å². The SMILES string of the molecule is C[Si](C)(C)CCOCC1C=NC2=NC=C(N)C2=C1. The summed E-state index contributed by atoms with van der Waals surface area (Å²) in [7, 11) is -0.999. The van der Waals surface area contributed by atoms with Crippen LogP contribution in [0.5, 0.6) is 0 Å². The molecule has 1 unspecified atom stereocenters. The van der Waals surface area contributed by atoms with Crippen LogP contribution in [0.4, 0.5) is 0 Å². The minimum absolute atomic E-state index is 0.214. The fraction of sp³-hybridized carbons (Fsp3) is 0.538. The second-order valence-electron chi connectivity index (χ2n) is 5.95. The van der Waals surface area contributed by atoms with E-state index in [2.05, 4.69) is 35.7 Å². The molecule has 2 aliphatic heterocycles. The monoisotopic (exact) mass is 263 g/mol. The van der Waals surface area contributed by atoms with Crippen LogP contribution < -0.4 is 5.73 Å². The molecular formula is C13H21N3OSi. The van der Waals surface area contributed by atoms with E-state index in [9.17, 15) is 0 Å². The summed E-state index contributed by atoms with van der Waals surface area (Å²) in [5, 5.41) is 0. The summed E-state index contributed by atoms with van der Waals surface area (Å²) in [4.78, 5) is 8.43. The molecule has 0 aromatic heterocycles. The van der Waals surface area contributed by atoms with Gasteiger partial charge < -0.3 is 10.5 Å². The Morgan fingerprint density at radius 3 is 2.89 bits per heavy atom. The number of hydrogen-bond donors (Lipinski definition) is 1. The first kappa shape index (κ1) is 13.2. The van der Waals surface area contributed by atoms with E-state index in [1.165, 1.54) is 6.04 Å². The third-order valence-corrected chi connectivity index (χ3v) is 4.66. The summed E-state index contributed by atoms with van der Waals surface area (Å²) >= 11 is 0. The minimum Gasteiger partial charge on any atom is -0.397 e. The van der Waals surface area contributed by atoms with Gasteiger partial charge in [-0.1, -0.05) is 25.7 Å². The van der Waals surface area contributed by atoms with Gasteiger partial charge in [0.1, 0.15) is 0 Å². The Kier molecular flexibility index (Phi) is 3.82. The van der Waals surface area contributed by atoms with E-state index in [0.29, 0.717) is 12.3 Å². The number of hydrogen-bond acceptors (Lipinski definition) is 4. The first-order chi connectivity index (χ1) is 8.46. The molecule has 98 valence electrons. The van der Waals surface area contributed by atoms with Gasteiger partial charge in [0.15, 0.2) is 5.84 Å². The van der Waals surface area contributed by atoms with Gasteiger partial charge >= 0.3 is 0 Å². The van der Waals surface area contributed by atoms with Crippen LogP contribution in [0.2, 0.25) is 25.7 Å². The van der Waals surface area contributed by atoms with Crippen molar-refractivity contribution in [2.45, 2.75) is 25.7 Å². The molecule has 2 heterocycles. The lowest BCUT2D eigenvalue weighted by Crippen LogP contribution is -2.23. The predicted molar refractivity (Wildman–Crippen MR) is 78.7 cm³/mol. The average molecular weight is 263 g/mol. The van der Waals surface area contributed by atoms with Gasteiger partial charge in [-0.05, 0) is 6.04 Å². The van der Waals surface area contributed by atoms with E-state index >= 15 is 0 Å². The zero-order valence-electron chi connectivity index (χ0n) is 11.3. The summed E-state index contributed by atoms with van der Waals surface area (Å²) in [6.45, 7) is 8.58. The number of dihydropyridines is 1. The summed E-state index contributed by atoms with van der Waals surface area (Å²) in [6.07, 6.45) is 5.65. The highest BCUT2D eigenvalue weighted by molar-refractivity contribution is 6.76. The zero-order chi connectivity index (χ0) is 13.2. The number of rotatable bonds is 5. The standard InChI is InChI=1S/C13H21N3OSi/c1-18(2,3)5-4-17-9-10-6-11-12(14)8-16-13(11)15-7-10/h6-8,10H,4-5,9,14H2,1-3H3. The molecule has 2 N–H and O–H groups in total. The number of aliphatic imine (C=N–C) groups is 2. The van der Waals surface area contributed by atoms with Crippen LogP contribution >= 0.6 is 0 Å². The summed E-state index contributed by atoms with van der Waals surface area (Å²) in [5.41, 5.74) is 7.49. The molecular weight excluding hydrogens is 242 g/mol. The van der Waals surface area contributed by atoms with Gasteiger partial charge in [-0.3, -0.25) is 0 Å². The molecule has 0 aromatic rings. The molecule has 2 aliphatic rings. The van der Waals surface area contributed by atoms with Crippen molar-refractivity contribution >= 4 is 20.1 Å². The van der Waals surface area contributed by atoms with Crippen molar-refractivity contribution in [3.8, 4) is 0 Å². The maximum atomic E-state index is 5.83. The van der Waals surface area contributed by atoms with Crippen molar-refractivity contribution in [2.24, 2.45) is 21.6 Å². The quantitative estimate of drug-likeness (QED) is 0.610.